The van der Waals surface area contributed by atoms with E-state index in [0.29, 0.717) is 19.7 Å². The molecular weight excluding hydrogens is 574 g/mol. The molecule has 0 unspecified atom stereocenters. The predicted octanol–water partition coefficient (Wildman–Crippen LogP) is 6.03. The third-order valence-corrected chi connectivity index (χ3v) is 8.62. The van der Waals surface area contributed by atoms with Crippen molar-refractivity contribution in [2.75, 3.05) is 19.7 Å². The Morgan fingerprint density at radius 3 is 2.58 bits per heavy atom. The second kappa shape index (κ2) is 9.61. The van der Waals surface area contributed by atoms with Crippen LogP contribution in [0.3, 0.4) is 0 Å². The number of carbonyl (C=O) groups excluding carboxylic acids is 2. The van der Waals surface area contributed by atoms with E-state index in [1.807, 2.05) is 57.8 Å². The first kappa shape index (κ1) is 26.8. The first-order valence-corrected chi connectivity index (χ1v) is 14.5. The van der Waals surface area contributed by atoms with E-state index in [4.69, 9.17) is 14.6 Å². The molecule has 1 spiro atoms. The van der Waals surface area contributed by atoms with Crippen LogP contribution < -0.4 is 0 Å². The smallest absolute Gasteiger partial charge is 0.410 e. The molecule has 210 valence electrons. The number of hydrogen-bond donors (Lipinski definition) is 0. The van der Waals surface area contributed by atoms with Gasteiger partial charge in [-0.15, -0.1) is 0 Å². The fourth-order valence-corrected chi connectivity index (χ4v) is 6.83. The topological polar surface area (TPSA) is 91.5 Å². The van der Waals surface area contributed by atoms with Gasteiger partial charge in [0.1, 0.15) is 12.1 Å². The monoisotopic (exact) mass is 607 g/mol. The van der Waals surface area contributed by atoms with Gasteiger partial charge in [0.25, 0.3) is 0 Å². The summed E-state index contributed by atoms with van der Waals surface area (Å²) in [4.78, 5) is 26.8. The number of aryl methyl sites for hydroxylation is 1. The van der Waals surface area contributed by atoms with Crippen molar-refractivity contribution in [3.63, 3.8) is 0 Å². The maximum Gasteiger partial charge on any atom is 0.410 e. The lowest BCUT2D eigenvalue weighted by molar-refractivity contribution is -0.143. The number of ether oxygens (including phenoxy) is 2. The minimum atomic E-state index is -0.504. The molecule has 0 N–H and O–H groups in total. The zero-order valence-corrected chi connectivity index (χ0v) is 25.1. The molecule has 10 heteroatoms. The van der Waals surface area contributed by atoms with Gasteiger partial charge >= 0.3 is 12.1 Å². The van der Waals surface area contributed by atoms with Crippen LogP contribution in [0.1, 0.15) is 52.1 Å². The number of benzene rings is 2. The summed E-state index contributed by atoms with van der Waals surface area (Å²) < 4.78 is 15.4. The molecule has 2 aliphatic rings. The summed E-state index contributed by atoms with van der Waals surface area (Å²) in [5, 5.41) is 11.6. The standard InChI is InChI=1S/C30H34BrN5O4/c1-6-39-25(37)15-36-23-9-7-8-20(21-11-24-18(10-22(21)31)14-32-34(24)5)26(23)27(33-36)19-12-30(13-19)16-35(17-30)28(38)40-29(2,3)4/h7-11,14,19H,6,12-13,15-17H2,1-5H3. The van der Waals surface area contributed by atoms with Gasteiger partial charge in [0.15, 0.2) is 0 Å². The van der Waals surface area contributed by atoms with Crippen molar-refractivity contribution in [3.05, 3.63) is 46.7 Å². The number of nitrogens with zero attached hydrogens (tertiary/aromatic N) is 5. The number of amides is 1. The summed E-state index contributed by atoms with van der Waals surface area (Å²) in [5.41, 5.74) is 4.64. The van der Waals surface area contributed by atoms with Crippen molar-refractivity contribution in [2.24, 2.45) is 12.5 Å². The van der Waals surface area contributed by atoms with Gasteiger partial charge in [0, 0.05) is 46.7 Å². The van der Waals surface area contributed by atoms with Gasteiger partial charge in [-0.05, 0) is 69.9 Å². The SMILES string of the molecule is CCOC(=O)Cn1nc(C2CC3(C2)CN(C(=O)OC(C)(C)C)C3)c2c(-c3cc4c(cnn4C)cc3Br)cccc21. The van der Waals surface area contributed by atoms with Gasteiger partial charge in [0.05, 0.1) is 29.5 Å². The number of esters is 1. The fourth-order valence-electron chi connectivity index (χ4n) is 6.25. The number of aromatic nitrogens is 4. The molecule has 1 saturated heterocycles. The highest BCUT2D eigenvalue weighted by molar-refractivity contribution is 9.10. The molecule has 3 heterocycles. The largest absolute Gasteiger partial charge is 0.465 e. The van der Waals surface area contributed by atoms with Crippen molar-refractivity contribution in [3.8, 4) is 11.1 Å². The van der Waals surface area contributed by atoms with E-state index in [-0.39, 0.29) is 29.9 Å². The Bertz CT molecular complexity index is 1640. The predicted molar refractivity (Wildman–Crippen MR) is 156 cm³/mol. The summed E-state index contributed by atoms with van der Waals surface area (Å²) >= 11 is 3.80. The van der Waals surface area contributed by atoms with E-state index in [0.717, 1.165) is 55.9 Å². The summed E-state index contributed by atoms with van der Waals surface area (Å²) in [6.45, 7) is 9.26. The number of likely N-dealkylation sites (tertiary alicyclic amines) is 1. The molecule has 2 fully saturated rings. The molecule has 1 aliphatic heterocycles. The molecule has 6 rings (SSSR count). The number of halogens is 1. The van der Waals surface area contributed by atoms with Gasteiger partial charge in [-0.3, -0.25) is 14.2 Å². The van der Waals surface area contributed by atoms with Crippen molar-refractivity contribution >= 4 is 49.8 Å². The molecule has 0 bridgehead atoms. The van der Waals surface area contributed by atoms with Crippen molar-refractivity contribution in [1.29, 1.82) is 0 Å². The quantitative estimate of drug-likeness (QED) is 0.257. The summed E-state index contributed by atoms with van der Waals surface area (Å²) in [5.74, 6) is -0.0782. The molecule has 2 aromatic heterocycles. The molecule has 0 radical (unpaired) electrons. The lowest BCUT2D eigenvalue weighted by Crippen LogP contribution is -2.63. The second-order valence-corrected chi connectivity index (χ2v) is 13.0. The van der Waals surface area contributed by atoms with E-state index in [1.54, 1.807) is 9.58 Å². The number of fused-ring (bicyclic) bond motifs is 2. The normalized spacial score (nSPS) is 16.8. The molecule has 0 atom stereocenters. The summed E-state index contributed by atoms with van der Waals surface area (Å²) in [6.07, 6.45) is 3.49. The second-order valence-electron chi connectivity index (χ2n) is 12.1. The van der Waals surface area contributed by atoms with Crippen LogP contribution in [-0.2, 0) is 27.9 Å². The highest BCUT2D eigenvalue weighted by atomic mass is 79.9. The van der Waals surface area contributed by atoms with Crippen LogP contribution in [-0.4, -0.2) is 61.8 Å². The Labute approximate surface area is 241 Å². The van der Waals surface area contributed by atoms with E-state index in [2.05, 4.69) is 39.2 Å². The van der Waals surface area contributed by atoms with Crippen LogP contribution in [0.25, 0.3) is 32.9 Å². The Kier molecular flexibility index (Phi) is 6.44. The fraction of sp³-hybridized carbons (Fsp3) is 0.467. The summed E-state index contributed by atoms with van der Waals surface area (Å²) in [6, 6.07) is 10.4. The van der Waals surface area contributed by atoms with Crippen molar-refractivity contribution in [2.45, 2.75) is 58.6 Å². The van der Waals surface area contributed by atoms with Crippen LogP contribution in [0.15, 0.2) is 41.0 Å². The van der Waals surface area contributed by atoms with E-state index in [1.165, 1.54) is 0 Å². The molecule has 1 amide bonds. The van der Waals surface area contributed by atoms with E-state index in [9.17, 15) is 9.59 Å². The van der Waals surface area contributed by atoms with Crippen LogP contribution in [0, 0.1) is 5.41 Å². The van der Waals surface area contributed by atoms with Crippen LogP contribution in [0.4, 0.5) is 4.79 Å². The van der Waals surface area contributed by atoms with E-state index < -0.39 is 5.60 Å². The average molecular weight is 609 g/mol. The highest BCUT2D eigenvalue weighted by Crippen LogP contribution is 2.57. The number of carbonyl (C=O) groups is 2. The van der Waals surface area contributed by atoms with Gasteiger partial charge in [0.2, 0.25) is 0 Å². The Balaban J connectivity index is 1.36. The minimum absolute atomic E-state index is 0.0556. The third-order valence-electron chi connectivity index (χ3n) is 7.96. The van der Waals surface area contributed by atoms with Gasteiger partial charge in [-0.2, -0.15) is 10.2 Å². The molecule has 1 saturated carbocycles. The minimum Gasteiger partial charge on any atom is -0.465 e. The molecule has 9 nitrogen and oxygen atoms in total. The van der Waals surface area contributed by atoms with Crippen LogP contribution >= 0.6 is 15.9 Å². The molecule has 2 aromatic carbocycles. The number of rotatable bonds is 5. The Hall–Kier alpha value is -3.40. The average Bonchev–Trinajstić information content (AvgIpc) is 3.36. The number of hydrogen-bond acceptors (Lipinski definition) is 6. The van der Waals surface area contributed by atoms with Gasteiger partial charge in [-0.25, -0.2) is 4.79 Å². The summed E-state index contributed by atoms with van der Waals surface area (Å²) in [7, 11) is 1.94. The first-order chi connectivity index (χ1) is 19.0. The van der Waals surface area contributed by atoms with Crippen molar-refractivity contribution in [1.82, 2.24) is 24.5 Å². The first-order valence-electron chi connectivity index (χ1n) is 13.7. The molecule has 1 aliphatic carbocycles. The third kappa shape index (κ3) is 4.66. The van der Waals surface area contributed by atoms with Crippen LogP contribution in [0.2, 0.25) is 0 Å². The maximum absolute atomic E-state index is 12.5. The molecule has 4 aromatic rings. The van der Waals surface area contributed by atoms with Crippen LogP contribution in [0.5, 0.6) is 0 Å². The van der Waals surface area contributed by atoms with Crippen molar-refractivity contribution < 1.29 is 19.1 Å². The Morgan fingerprint density at radius 1 is 1.12 bits per heavy atom. The van der Waals surface area contributed by atoms with E-state index >= 15 is 0 Å². The van der Waals surface area contributed by atoms with Gasteiger partial charge < -0.3 is 14.4 Å². The Morgan fingerprint density at radius 2 is 1.88 bits per heavy atom. The maximum atomic E-state index is 12.5. The zero-order chi connectivity index (χ0) is 28.4. The van der Waals surface area contributed by atoms with Gasteiger partial charge in [-0.1, -0.05) is 28.1 Å². The highest BCUT2D eigenvalue weighted by Gasteiger charge is 2.55. The lowest BCUT2D eigenvalue weighted by Gasteiger charge is -2.58. The molecule has 40 heavy (non-hydrogen) atoms. The molecular formula is C30H34BrN5O4. The lowest BCUT2D eigenvalue weighted by atomic mass is 9.56. The zero-order valence-electron chi connectivity index (χ0n) is 23.5.